The van der Waals surface area contributed by atoms with E-state index in [0.717, 1.165) is 45.4 Å². The molecular weight excluding hydrogens is 346 g/mol. The zero-order valence-corrected chi connectivity index (χ0v) is 17.2. The maximum atomic E-state index is 12.9. The van der Waals surface area contributed by atoms with Crippen LogP contribution in [0.4, 0.5) is 0 Å². The molecule has 0 saturated carbocycles. The van der Waals surface area contributed by atoms with Crippen LogP contribution >= 0.6 is 11.3 Å². The topological polar surface area (TPSA) is 52.7 Å². The Morgan fingerprint density at radius 3 is 2.54 bits per heavy atom. The van der Waals surface area contributed by atoms with Gasteiger partial charge < -0.3 is 15.1 Å². The first-order valence-corrected chi connectivity index (χ1v) is 10.6. The lowest BCUT2D eigenvalue weighted by molar-refractivity contribution is -0.138. The van der Waals surface area contributed by atoms with Crippen molar-refractivity contribution in [2.45, 2.75) is 52.0 Å². The second kappa shape index (κ2) is 10.7. The minimum Gasteiger partial charge on any atom is -0.344 e. The van der Waals surface area contributed by atoms with Crippen molar-refractivity contribution in [3.63, 3.8) is 0 Å². The van der Waals surface area contributed by atoms with Gasteiger partial charge in [0.15, 0.2) is 0 Å². The number of nitrogens with zero attached hydrogens (tertiary/aromatic N) is 2. The third-order valence-electron chi connectivity index (χ3n) is 4.81. The molecule has 1 aliphatic rings. The fourth-order valence-corrected chi connectivity index (χ4v) is 4.00. The molecule has 146 valence electrons. The van der Waals surface area contributed by atoms with E-state index < -0.39 is 0 Å². The van der Waals surface area contributed by atoms with Gasteiger partial charge in [0.2, 0.25) is 11.8 Å². The second-order valence-electron chi connectivity index (χ2n) is 7.66. The molecule has 1 aromatic rings. The highest BCUT2D eigenvalue weighted by Crippen LogP contribution is 2.14. The van der Waals surface area contributed by atoms with Gasteiger partial charge in [-0.05, 0) is 50.1 Å². The standard InChI is InChI=1S/C20H33N3O2S/c1-16(2)15-18(20(25)23-12-10-22(3)11-13-23)21-19(24)9-5-4-7-17-8-6-14-26-17/h6,8,14,16,18H,4-5,7,9-13,15H2,1-3H3,(H,21,24)/t18-/m1/s1. The van der Waals surface area contributed by atoms with Gasteiger partial charge in [-0.25, -0.2) is 0 Å². The van der Waals surface area contributed by atoms with Gasteiger partial charge in [-0.3, -0.25) is 9.59 Å². The lowest BCUT2D eigenvalue weighted by atomic mass is 10.0. The maximum absolute atomic E-state index is 12.9. The van der Waals surface area contributed by atoms with Gasteiger partial charge in [-0.1, -0.05) is 19.9 Å². The molecule has 0 aliphatic carbocycles. The lowest BCUT2D eigenvalue weighted by Crippen LogP contribution is -2.54. The molecule has 5 nitrogen and oxygen atoms in total. The summed E-state index contributed by atoms with van der Waals surface area (Å²) in [6.45, 7) is 7.49. The molecule has 2 rings (SSSR count). The fraction of sp³-hybridized carbons (Fsp3) is 0.700. The quantitative estimate of drug-likeness (QED) is 0.671. The van der Waals surface area contributed by atoms with E-state index in [9.17, 15) is 9.59 Å². The number of hydrogen-bond donors (Lipinski definition) is 1. The minimum atomic E-state index is -0.386. The summed E-state index contributed by atoms with van der Waals surface area (Å²) in [5, 5.41) is 5.09. The molecule has 0 aromatic carbocycles. The van der Waals surface area contributed by atoms with E-state index in [1.807, 2.05) is 4.90 Å². The molecule has 2 heterocycles. The monoisotopic (exact) mass is 379 g/mol. The number of carbonyl (C=O) groups is 2. The Morgan fingerprint density at radius 1 is 1.19 bits per heavy atom. The average Bonchev–Trinajstić information content (AvgIpc) is 3.11. The van der Waals surface area contributed by atoms with Crippen molar-refractivity contribution in [3.05, 3.63) is 22.4 Å². The highest BCUT2D eigenvalue weighted by Gasteiger charge is 2.28. The molecule has 0 radical (unpaired) electrons. The van der Waals surface area contributed by atoms with Gasteiger partial charge in [-0.2, -0.15) is 0 Å². The van der Waals surface area contributed by atoms with Crippen LogP contribution in [0.2, 0.25) is 0 Å². The van der Waals surface area contributed by atoms with E-state index >= 15 is 0 Å². The maximum Gasteiger partial charge on any atom is 0.245 e. The highest BCUT2D eigenvalue weighted by molar-refractivity contribution is 7.09. The lowest BCUT2D eigenvalue weighted by Gasteiger charge is -2.35. The van der Waals surface area contributed by atoms with Crippen LogP contribution in [0.15, 0.2) is 17.5 Å². The number of hydrogen-bond acceptors (Lipinski definition) is 4. The number of rotatable bonds is 9. The van der Waals surface area contributed by atoms with Crippen molar-refractivity contribution in [2.75, 3.05) is 33.2 Å². The van der Waals surface area contributed by atoms with Crippen LogP contribution in [0.25, 0.3) is 0 Å². The molecule has 1 atom stereocenters. The number of amides is 2. The van der Waals surface area contributed by atoms with E-state index in [1.54, 1.807) is 11.3 Å². The van der Waals surface area contributed by atoms with Crippen LogP contribution in [-0.4, -0.2) is 60.9 Å². The molecule has 0 spiro atoms. The summed E-state index contributed by atoms with van der Waals surface area (Å²) >= 11 is 1.76. The molecule has 26 heavy (non-hydrogen) atoms. The number of piperazine rings is 1. The first kappa shape index (κ1) is 20.9. The van der Waals surface area contributed by atoms with Crippen molar-refractivity contribution < 1.29 is 9.59 Å². The zero-order valence-electron chi connectivity index (χ0n) is 16.4. The van der Waals surface area contributed by atoms with E-state index in [-0.39, 0.29) is 17.9 Å². The fourth-order valence-electron chi connectivity index (χ4n) is 3.25. The molecule has 1 fully saturated rings. The Labute approximate surface area is 161 Å². The Morgan fingerprint density at radius 2 is 1.92 bits per heavy atom. The van der Waals surface area contributed by atoms with Crippen molar-refractivity contribution in [1.29, 1.82) is 0 Å². The predicted molar refractivity (Wildman–Crippen MR) is 107 cm³/mol. The van der Waals surface area contributed by atoms with Crippen LogP contribution in [0.5, 0.6) is 0 Å². The molecule has 1 saturated heterocycles. The van der Waals surface area contributed by atoms with Gasteiger partial charge in [0.1, 0.15) is 6.04 Å². The van der Waals surface area contributed by atoms with Crippen LogP contribution in [0.1, 0.15) is 44.4 Å². The van der Waals surface area contributed by atoms with Gasteiger partial charge in [0.25, 0.3) is 0 Å². The summed E-state index contributed by atoms with van der Waals surface area (Å²) in [6, 6.07) is 3.81. The molecule has 0 unspecified atom stereocenters. The summed E-state index contributed by atoms with van der Waals surface area (Å²) in [6.07, 6.45) is 4.10. The Balaban J connectivity index is 1.78. The van der Waals surface area contributed by atoms with Gasteiger partial charge in [-0.15, -0.1) is 11.3 Å². The van der Waals surface area contributed by atoms with Gasteiger partial charge >= 0.3 is 0 Å². The summed E-state index contributed by atoms with van der Waals surface area (Å²) in [7, 11) is 2.07. The molecule has 6 heteroatoms. The number of unbranched alkanes of at least 4 members (excludes halogenated alkanes) is 1. The molecule has 1 N–H and O–H groups in total. The number of carbonyl (C=O) groups excluding carboxylic acids is 2. The van der Waals surface area contributed by atoms with Crippen LogP contribution in [-0.2, 0) is 16.0 Å². The van der Waals surface area contributed by atoms with Crippen LogP contribution in [0.3, 0.4) is 0 Å². The van der Waals surface area contributed by atoms with E-state index in [2.05, 4.69) is 48.6 Å². The second-order valence-corrected chi connectivity index (χ2v) is 8.70. The first-order chi connectivity index (χ1) is 12.5. The van der Waals surface area contributed by atoms with Crippen LogP contribution < -0.4 is 5.32 Å². The van der Waals surface area contributed by atoms with E-state index in [4.69, 9.17) is 0 Å². The normalized spacial score (nSPS) is 16.7. The summed E-state index contributed by atoms with van der Waals surface area (Å²) in [5.41, 5.74) is 0. The Kier molecular flexibility index (Phi) is 8.59. The van der Waals surface area contributed by atoms with Gasteiger partial charge in [0, 0.05) is 37.5 Å². The summed E-state index contributed by atoms with van der Waals surface area (Å²) < 4.78 is 0. The summed E-state index contributed by atoms with van der Waals surface area (Å²) in [4.78, 5) is 30.7. The average molecular weight is 380 g/mol. The third kappa shape index (κ3) is 7.08. The number of nitrogens with one attached hydrogen (secondary N) is 1. The Hall–Kier alpha value is -1.40. The predicted octanol–water partition coefficient (Wildman–Crippen LogP) is 2.77. The molecule has 2 amide bonds. The van der Waals surface area contributed by atoms with Crippen LogP contribution in [0, 0.1) is 5.92 Å². The van der Waals surface area contributed by atoms with Crippen molar-refractivity contribution in [1.82, 2.24) is 15.1 Å². The molecule has 0 bridgehead atoms. The van der Waals surface area contributed by atoms with Crippen molar-refractivity contribution in [3.8, 4) is 0 Å². The smallest absolute Gasteiger partial charge is 0.245 e. The molecule has 1 aromatic heterocycles. The highest BCUT2D eigenvalue weighted by atomic mass is 32.1. The number of likely N-dealkylation sites (N-methyl/N-ethyl adjacent to an activating group) is 1. The van der Waals surface area contributed by atoms with Crippen molar-refractivity contribution in [2.24, 2.45) is 5.92 Å². The van der Waals surface area contributed by atoms with Gasteiger partial charge in [0.05, 0.1) is 0 Å². The molecular formula is C20H33N3O2S. The Bertz CT molecular complexity index is 551. The van der Waals surface area contributed by atoms with E-state index in [0.29, 0.717) is 18.8 Å². The first-order valence-electron chi connectivity index (χ1n) is 9.74. The number of aryl methyl sites for hydroxylation is 1. The minimum absolute atomic E-state index is 0.00399. The largest absolute Gasteiger partial charge is 0.344 e. The zero-order chi connectivity index (χ0) is 18.9. The summed E-state index contributed by atoms with van der Waals surface area (Å²) in [5.74, 6) is 0.457. The molecule has 1 aliphatic heterocycles. The number of thiophene rings is 1. The SMILES string of the molecule is CC(C)C[C@@H](NC(=O)CCCCc1cccs1)C(=O)N1CCN(C)CC1. The van der Waals surface area contributed by atoms with Crippen molar-refractivity contribution >= 4 is 23.2 Å². The third-order valence-corrected chi connectivity index (χ3v) is 5.75. The van der Waals surface area contributed by atoms with E-state index in [1.165, 1.54) is 4.88 Å².